The highest BCUT2D eigenvalue weighted by Gasteiger charge is 2.27. The molecule has 1 aliphatic rings. The Kier molecular flexibility index (Phi) is 1.93. The second kappa shape index (κ2) is 2.99. The molecular formula is C9H5ClNO3-. The Labute approximate surface area is 84.7 Å². The molecule has 14 heavy (non-hydrogen) atoms. The molecule has 0 atom stereocenters. The molecule has 0 unspecified atom stereocenters. The van der Waals surface area contributed by atoms with Gasteiger partial charge in [-0.05, 0) is 23.8 Å². The van der Waals surface area contributed by atoms with E-state index in [2.05, 4.69) is 0 Å². The predicted molar refractivity (Wildman–Crippen MR) is 48.0 cm³/mol. The van der Waals surface area contributed by atoms with Gasteiger partial charge in [0.2, 0.25) is 5.91 Å². The third-order valence-corrected chi connectivity index (χ3v) is 2.29. The molecule has 1 aromatic carbocycles. The molecule has 4 nitrogen and oxygen atoms in total. The van der Waals surface area contributed by atoms with Gasteiger partial charge in [0, 0.05) is 5.02 Å². The minimum Gasteiger partial charge on any atom is -0.529 e. The van der Waals surface area contributed by atoms with Crippen molar-refractivity contribution in [2.24, 2.45) is 0 Å². The normalized spacial score (nSPS) is 14.4. The summed E-state index contributed by atoms with van der Waals surface area (Å²) in [6, 6.07) is 4.62. The molecule has 0 aromatic heterocycles. The monoisotopic (exact) mass is 210 g/mol. The van der Waals surface area contributed by atoms with E-state index >= 15 is 0 Å². The van der Waals surface area contributed by atoms with Crippen molar-refractivity contribution in [2.45, 2.75) is 6.42 Å². The van der Waals surface area contributed by atoms with E-state index in [-0.39, 0.29) is 6.42 Å². The lowest BCUT2D eigenvalue weighted by molar-refractivity contribution is -0.245. The molecule has 0 spiro atoms. The lowest BCUT2D eigenvalue weighted by atomic mass is 10.2. The molecule has 0 fully saturated rings. The number of carbonyl (C=O) groups excluding carboxylic acids is 2. The topological polar surface area (TPSA) is 60.4 Å². The predicted octanol–water partition coefficient (Wildman–Crippen LogP) is 0.572. The minimum absolute atomic E-state index is 0.0594. The summed E-state index contributed by atoms with van der Waals surface area (Å²) in [7, 11) is 0. The maximum Gasteiger partial charge on any atom is 0.237 e. The van der Waals surface area contributed by atoms with Gasteiger partial charge in [0.25, 0.3) is 0 Å². The molecule has 2 rings (SSSR count). The van der Waals surface area contributed by atoms with Crippen molar-refractivity contribution >= 4 is 29.3 Å². The van der Waals surface area contributed by atoms with Crippen molar-refractivity contribution < 1.29 is 14.7 Å². The molecule has 2 amide bonds. The summed E-state index contributed by atoms with van der Waals surface area (Å²) >= 11 is 5.71. The van der Waals surface area contributed by atoms with Crippen molar-refractivity contribution in [2.75, 3.05) is 4.90 Å². The zero-order valence-corrected chi connectivity index (χ0v) is 7.75. The number of hydrogen-bond donors (Lipinski definition) is 0. The fourth-order valence-corrected chi connectivity index (χ4v) is 1.69. The average Bonchev–Trinajstić information content (AvgIpc) is 2.39. The van der Waals surface area contributed by atoms with Gasteiger partial charge >= 0.3 is 0 Å². The van der Waals surface area contributed by atoms with E-state index in [0.29, 0.717) is 21.2 Å². The smallest absolute Gasteiger partial charge is 0.237 e. The van der Waals surface area contributed by atoms with Crippen molar-refractivity contribution in [3.05, 3.63) is 28.8 Å². The zero-order valence-electron chi connectivity index (χ0n) is 6.99. The van der Waals surface area contributed by atoms with Crippen molar-refractivity contribution in [1.82, 2.24) is 0 Å². The Morgan fingerprint density at radius 3 is 2.86 bits per heavy atom. The van der Waals surface area contributed by atoms with Gasteiger partial charge in [0.05, 0.1) is 12.1 Å². The second-order valence-corrected chi connectivity index (χ2v) is 3.38. The number of halogens is 1. The second-order valence-electron chi connectivity index (χ2n) is 2.94. The molecule has 0 aliphatic carbocycles. The van der Waals surface area contributed by atoms with Crippen LogP contribution in [-0.4, -0.2) is 12.0 Å². The van der Waals surface area contributed by atoms with Crippen LogP contribution in [0.3, 0.4) is 0 Å². The van der Waals surface area contributed by atoms with Crippen molar-refractivity contribution in [3.8, 4) is 0 Å². The summed E-state index contributed by atoms with van der Waals surface area (Å²) in [5.74, 6) is -0.498. The highest BCUT2D eigenvalue weighted by Crippen LogP contribution is 2.30. The van der Waals surface area contributed by atoms with Crippen LogP contribution in [0.4, 0.5) is 10.5 Å². The number of anilines is 1. The minimum atomic E-state index is -1.50. The summed E-state index contributed by atoms with van der Waals surface area (Å²) in [5, 5.41) is 11.1. The largest absolute Gasteiger partial charge is 0.529 e. The van der Waals surface area contributed by atoms with Gasteiger partial charge in [-0.1, -0.05) is 11.6 Å². The lowest BCUT2D eigenvalue weighted by Crippen LogP contribution is -2.43. The Hall–Kier alpha value is -1.55. The number of hydrogen-bond acceptors (Lipinski definition) is 3. The van der Waals surface area contributed by atoms with E-state index in [1.54, 1.807) is 6.07 Å². The Balaban J connectivity index is 2.53. The van der Waals surface area contributed by atoms with Crippen LogP contribution in [0.25, 0.3) is 0 Å². The Bertz CT molecular complexity index is 430. The summed E-state index contributed by atoms with van der Waals surface area (Å²) in [6.07, 6.45) is -1.44. The molecular weight excluding hydrogens is 206 g/mol. The fourth-order valence-electron chi connectivity index (χ4n) is 1.49. The van der Waals surface area contributed by atoms with Gasteiger partial charge < -0.3 is 9.90 Å². The van der Waals surface area contributed by atoms with Crippen LogP contribution in [0.5, 0.6) is 0 Å². The lowest BCUT2D eigenvalue weighted by Gasteiger charge is -2.17. The summed E-state index contributed by atoms with van der Waals surface area (Å²) in [6.45, 7) is 0. The molecule has 1 heterocycles. The fraction of sp³-hybridized carbons (Fsp3) is 0.111. The third-order valence-electron chi connectivity index (χ3n) is 2.06. The van der Waals surface area contributed by atoms with Crippen LogP contribution >= 0.6 is 11.6 Å². The van der Waals surface area contributed by atoms with Crippen LogP contribution < -0.4 is 10.0 Å². The number of nitrogens with zero attached hydrogens (tertiary/aromatic N) is 1. The highest BCUT2D eigenvalue weighted by molar-refractivity contribution is 6.31. The molecule has 0 N–H and O–H groups in total. The summed E-state index contributed by atoms with van der Waals surface area (Å²) in [5.41, 5.74) is 0.964. The van der Waals surface area contributed by atoms with Gasteiger partial charge in [-0.15, -0.1) is 0 Å². The number of imide groups is 1. The average molecular weight is 211 g/mol. The van der Waals surface area contributed by atoms with Crippen LogP contribution in [0, 0.1) is 0 Å². The molecule has 72 valence electrons. The maximum absolute atomic E-state index is 11.2. The first-order valence-corrected chi connectivity index (χ1v) is 4.30. The first-order valence-electron chi connectivity index (χ1n) is 3.92. The van der Waals surface area contributed by atoms with E-state index in [4.69, 9.17) is 11.6 Å². The number of carboxylic acid groups (broad SMARTS) is 1. The first kappa shape index (κ1) is 9.02. The Morgan fingerprint density at radius 2 is 2.21 bits per heavy atom. The van der Waals surface area contributed by atoms with E-state index in [9.17, 15) is 14.7 Å². The van der Waals surface area contributed by atoms with E-state index in [1.807, 2.05) is 0 Å². The maximum atomic E-state index is 11.2. The van der Waals surface area contributed by atoms with Crippen LogP contribution in [0.1, 0.15) is 5.56 Å². The number of benzene rings is 1. The molecule has 1 aliphatic heterocycles. The molecule has 5 heteroatoms. The van der Waals surface area contributed by atoms with Gasteiger partial charge in [-0.25, -0.2) is 0 Å². The van der Waals surface area contributed by atoms with Crippen LogP contribution in [0.15, 0.2) is 18.2 Å². The highest BCUT2D eigenvalue weighted by atomic mass is 35.5. The van der Waals surface area contributed by atoms with E-state index in [1.165, 1.54) is 12.1 Å². The molecule has 0 bridgehead atoms. The summed E-state index contributed by atoms with van der Waals surface area (Å²) in [4.78, 5) is 22.5. The number of carbonyl (C=O) groups is 2. The van der Waals surface area contributed by atoms with Crippen LogP contribution in [0.2, 0.25) is 5.02 Å². The van der Waals surface area contributed by atoms with E-state index in [0.717, 1.165) is 0 Å². The van der Waals surface area contributed by atoms with Gasteiger partial charge in [-0.2, -0.15) is 0 Å². The number of fused-ring (bicyclic) bond motifs is 1. The Morgan fingerprint density at radius 1 is 1.50 bits per heavy atom. The van der Waals surface area contributed by atoms with Gasteiger partial charge in [-0.3, -0.25) is 9.69 Å². The quantitative estimate of drug-likeness (QED) is 0.629. The number of amides is 2. The first-order chi connectivity index (χ1) is 6.59. The van der Waals surface area contributed by atoms with Crippen molar-refractivity contribution in [3.63, 3.8) is 0 Å². The van der Waals surface area contributed by atoms with Gasteiger partial charge in [0.1, 0.15) is 6.09 Å². The van der Waals surface area contributed by atoms with Crippen molar-refractivity contribution in [1.29, 1.82) is 0 Å². The molecule has 1 aromatic rings. The SMILES string of the molecule is O=C([O-])N1C(=O)Cc2cc(Cl)ccc21. The third kappa shape index (κ3) is 1.24. The standard InChI is InChI=1S/C9H6ClNO3/c10-6-1-2-7-5(3-6)4-8(12)11(7)9(13)14/h1-3H,4H2,(H,13,14)/p-1. The summed E-state index contributed by atoms with van der Waals surface area (Å²) < 4.78 is 0. The van der Waals surface area contributed by atoms with Crippen LogP contribution in [-0.2, 0) is 11.2 Å². The molecule has 0 saturated heterocycles. The molecule has 0 saturated carbocycles. The molecule has 0 radical (unpaired) electrons. The zero-order chi connectivity index (χ0) is 10.3. The van der Waals surface area contributed by atoms with Gasteiger partial charge in [0.15, 0.2) is 0 Å². The number of rotatable bonds is 0. The van der Waals surface area contributed by atoms with E-state index < -0.39 is 12.0 Å².